The molecule has 196 valence electrons. The van der Waals surface area contributed by atoms with Gasteiger partial charge in [0, 0.05) is 43.5 Å². The van der Waals surface area contributed by atoms with Gasteiger partial charge in [-0.05, 0) is 78.6 Å². The van der Waals surface area contributed by atoms with Crippen LogP contribution in [0.4, 0.5) is 11.4 Å². The standard InChI is InChI=1S/C31H34N4O3/c1-32-30(37)27-5-3-2-4-26(27)23-8-6-21(7-9-23)20-22-16-18-35(19-17-22)25-12-10-24(11-13-25)33-28-14-15-29(36)34-31(28)38/h2-13,22,28,33H,14-20H2,1H3,(H,32,37)(H,34,36,38). The Hall–Kier alpha value is -4.13. The van der Waals surface area contributed by atoms with E-state index in [1.807, 2.05) is 36.4 Å². The molecule has 0 radical (unpaired) electrons. The molecule has 3 aromatic rings. The number of nitrogens with zero attached hydrogens (tertiary/aromatic N) is 1. The number of carbonyl (C=O) groups is 3. The molecular weight excluding hydrogens is 476 g/mol. The molecule has 7 heteroatoms. The first kappa shape index (κ1) is 25.5. The number of imide groups is 1. The zero-order valence-electron chi connectivity index (χ0n) is 21.7. The molecule has 3 aromatic carbocycles. The lowest BCUT2D eigenvalue weighted by atomic mass is 9.89. The first-order chi connectivity index (χ1) is 18.5. The Morgan fingerprint density at radius 3 is 2.32 bits per heavy atom. The highest BCUT2D eigenvalue weighted by atomic mass is 16.2. The molecule has 5 rings (SSSR count). The largest absolute Gasteiger partial charge is 0.374 e. The first-order valence-electron chi connectivity index (χ1n) is 13.4. The summed E-state index contributed by atoms with van der Waals surface area (Å²) >= 11 is 0. The predicted octanol–water partition coefficient (Wildman–Crippen LogP) is 4.39. The van der Waals surface area contributed by atoms with Crippen LogP contribution in [0.5, 0.6) is 0 Å². The zero-order chi connectivity index (χ0) is 26.5. The molecular formula is C31H34N4O3. The van der Waals surface area contributed by atoms with Crippen LogP contribution in [0.2, 0.25) is 0 Å². The van der Waals surface area contributed by atoms with Gasteiger partial charge in [0.1, 0.15) is 6.04 Å². The average Bonchev–Trinajstić information content (AvgIpc) is 2.95. The summed E-state index contributed by atoms with van der Waals surface area (Å²) in [4.78, 5) is 38.0. The Bertz CT molecular complexity index is 1300. The molecule has 2 heterocycles. The fraction of sp³-hybridized carbons (Fsp3) is 0.323. The van der Waals surface area contributed by atoms with Gasteiger partial charge in [-0.3, -0.25) is 19.7 Å². The Morgan fingerprint density at radius 2 is 1.63 bits per heavy atom. The summed E-state index contributed by atoms with van der Waals surface area (Å²) in [6.07, 6.45) is 4.22. The third-order valence-corrected chi connectivity index (χ3v) is 7.62. The Labute approximate surface area is 223 Å². The molecule has 2 aliphatic heterocycles. The summed E-state index contributed by atoms with van der Waals surface area (Å²) in [6, 6.07) is 24.2. The second kappa shape index (κ2) is 11.5. The molecule has 0 aliphatic carbocycles. The van der Waals surface area contributed by atoms with Crippen LogP contribution in [-0.2, 0) is 16.0 Å². The lowest BCUT2D eigenvalue weighted by Gasteiger charge is -2.34. The van der Waals surface area contributed by atoms with Crippen molar-refractivity contribution < 1.29 is 14.4 Å². The average molecular weight is 511 g/mol. The van der Waals surface area contributed by atoms with E-state index in [1.54, 1.807) is 7.05 Å². The number of amides is 3. The number of rotatable bonds is 7. The van der Waals surface area contributed by atoms with Crippen LogP contribution in [0.1, 0.15) is 41.6 Å². The van der Waals surface area contributed by atoms with Crippen molar-refractivity contribution in [1.29, 1.82) is 0 Å². The van der Waals surface area contributed by atoms with Crippen LogP contribution >= 0.6 is 0 Å². The van der Waals surface area contributed by atoms with Gasteiger partial charge in [0.25, 0.3) is 5.91 Å². The van der Waals surface area contributed by atoms with Gasteiger partial charge in [-0.2, -0.15) is 0 Å². The Morgan fingerprint density at radius 1 is 0.921 bits per heavy atom. The lowest BCUT2D eigenvalue weighted by Crippen LogP contribution is -2.47. The van der Waals surface area contributed by atoms with Gasteiger partial charge in [-0.15, -0.1) is 0 Å². The number of benzene rings is 3. The van der Waals surface area contributed by atoms with Gasteiger partial charge < -0.3 is 15.5 Å². The molecule has 0 aromatic heterocycles. The van der Waals surface area contributed by atoms with E-state index in [4.69, 9.17) is 0 Å². The minimum atomic E-state index is -0.367. The summed E-state index contributed by atoms with van der Waals surface area (Å²) < 4.78 is 0. The summed E-state index contributed by atoms with van der Waals surface area (Å²) in [6.45, 7) is 2.03. The topological polar surface area (TPSA) is 90.5 Å². The van der Waals surface area contributed by atoms with E-state index in [-0.39, 0.29) is 23.8 Å². The minimum absolute atomic E-state index is 0.0725. The van der Waals surface area contributed by atoms with Gasteiger partial charge in [0.05, 0.1) is 0 Å². The number of carbonyl (C=O) groups excluding carboxylic acids is 3. The molecule has 7 nitrogen and oxygen atoms in total. The van der Waals surface area contributed by atoms with E-state index in [1.165, 1.54) is 11.3 Å². The van der Waals surface area contributed by atoms with Gasteiger partial charge in [-0.1, -0.05) is 42.5 Å². The molecule has 38 heavy (non-hydrogen) atoms. The van der Waals surface area contributed by atoms with Crippen molar-refractivity contribution in [3.8, 4) is 11.1 Å². The van der Waals surface area contributed by atoms with Crippen LogP contribution in [-0.4, -0.2) is 43.9 Å². The molecule has 0 saturated carbocycles. The molecule has 1 atom stereocenters. The monoisotopic (exact) mass is 510 g/mol. The molecule has 2 fully saturated rings. The molecule has 1 unspecified atom stereocenters. The third-order valence-electron chi connectivity index (χ3n) is 7.62. The molecule has 0 bridgehead atoms. The second-order valence-electron chi connectivity index (χ2n) is 10.2. The Balaban J connectivity index is 1.13. The summed E-state index contributed by atoms with van der Waals surface area (Å²) in [5, 5.41) is 8.35. The van der Waals surface area contributed by atoms with Gasteiger partial charge in [0.2, 0.25) is 11.8 Å². The van der Waals surface area contributed by atoms with Crippen molar-refractivity contribution in [2.24, 2.45) is 5.92 Å². The number of hydrogen-bond donors (Lipinski definition) is 3. The maximum atomic E-state index is 12.2. The molecule has 3 amide bonds. The van der Waals surface area contributed by atoms with E-state index < -0.39 is 0 Å². The normalized spacial score (nSPS) is 18.1. The minimum Gasteiger partial charge on any atom is -0.374 e. The number of nitrogens with one attached hydrogen (secondary N) is 3. The van der Waals surface area contributed by atoms with Crippen LogP contribution < -0.4 is 20.9 Å². The zero-order valence-corrected chi connectivity index (χ0v) is 21.7. The van der Waals surface area contributed by atoms with Crippen LogP contribution in [0.3, 0.4) is 0 Å². The Kier molecular flexibility index (Phi) is 7.73. The highest BCUT2D eigenvalue weighted by Crippen LogP contribution is 2.29. The van der Waals surface area contributed by atoms with Crippen molar-refractivity contribution in [2.75, 3.05) is 30.4 Å². The smallest absolute Gasteiger partial charge is 0.251 e. The molecule has 2 saturated heterocycles. The third kappa shape index (κ3) is 5.88. The number of hydrogen-bond acceptors (Lipinski definition) is 5. The van der Waals surface area contributed by atoms with Gasteiger partial charge >= 0.3 is 0 Å². The van der Waals surface area contributed by atoms with Crippen molar-refractivity contribution in [3.05, 3.63) is 83.9 Å². The second-order valence-corrected chi connectivity index (χ2v) is 10.2. The summed E-state index contributed by atoms with van der Waals surface area (Å²) in [5.74, 6) is 0.114. The summed E-state index contributed by atoms with van der Waals surface area (Å²) in [5.41, 5.74) is 6.10. The lowest BCUT2D eigenvalue weighted by molar-refractivity contribution is -0.133. The van der Waals surface area contributed by atoms with Gasteiger partial charge in [-0.25, -0.2) is 0 Å². The van der Waals surface area contributed by atoms with E-state index in [2.05, 4.69) is 57.2 Å². The van der Waals surface area contributed by atoms with Crippen LogP contribution in [0, 0.1) is 5.92 Å². The fourth-order valence-corrected chi connectivity index (χ4v) is 5.42. The van der Waals surface area contributed by atoms with E-state index in [0.29, 0.717) is 24.3 Å². The summed E-state index contributed by atoms with van der Waals surface area (Å²) in [7, 11) is 1.66. The number of anilines is 2. The highest BCUT2D eigenvalue weighted by Gasteiger charge is 2.26. The maximum Gasteiger partial charge on any atom is 0.251 e. The number of piperidine rings is 2. The molecule has 2 aliphatic rings. The van der Waals surface area contributed by atoms with Crippen molar-refractivity contribution in [1.82, 2.24) is 10.6 Å². The van der Waals surface area contributed by atoms with Crippen molar-refractivity contribution in [3.63, 3.8) is 0 Å². The van der Waals surface area contributed by atoms with Crippen molar-refractivity contribution in [2.45, 2.75) is 38.1 Å². The maximum absolute atomic E-state index is 12.2. The van der Waals surface area contributed by atoms with E-state index >= 15 is 0 Å². The SMILES string of the molecule is CNC(=O)c1ccccc1-c1ccc(CC2CCN(c3ccc(NC4CCC(=O)NC4=O)cc3)CC2)cc1. The van der Waals surface area contributed by atoms with E-state index in [0.717, 1.165) is 49.2 Å². The van der Waals surface area contributed by atoms with Crippen LogP contribution in [0.15, 0.2) is 72.8 Å². The van der Waals surface area contributed by atoms with Gasteiger partial charge in [0.15, 0.2) is 0 Å². The quantitative estimate of drug-likeness (QED) is 0.410. The van der Waals surface area contributed by atoms with E-state index in [9.17, 15) is 14.4 Å². The van der Waals surface area contributed by atoms with Crippen molar-refractivity contribution >= 4 is 29.1 Å². The predicted molar refractivity (Wildman–Crippen MR) is 150 cm³/mol. The van der Waals surface area contributed by atoms with Crippen LogP contribution in [0.25, 0.3) is 11.1 Å². The molecule has 3 N–H and O–H groups in total. The fourth-order valence-electron chi connectivity index (χ4n) is 5.42. The first-order valence-corrected chi connectivity index (χ1v) is 13.4. The highest BCUT2D eigenvalue weighted by molar-refractivity contribution is 6.01. The molecule has 0 spiro atoms.